The average molecular weight is 484 g/mol. The quantitative estimate of drug-likeness (QED) is 0.463. The molecule has 2 saturated carbocycles. The number of ether oxygens (including phenoxy) is 1. The normalized spacial score (nSPS) is 19.9. The Morgan fingerprint density at radius 3 is 2.74 bits per heavy atom. The third-order valence-electron chi connectivity index (χ3n) is 7.01. The molecule has 8 heteroatoms. The maximum absolute atomic E-state index is 13.2. The number of nitrogens with zero attached hydrogens (tertiary/aromatic N) is 1. The molecule has 1 amide bonds. The Balaban J connectivity index is 1.46. The van der Waals surface area contributed by atoms with Crippen molar-refractivity contribution in [3.63, 3.8) is 0 Å². The summed E-state index contributed by atoms with van der Waals surface area (Å²) in [6.45, 7) is 0. The summed E-state index contributed by atoms with van der Waals surface area (Å²) in [7, 11) is 1.56. The third kappa shape index (κ3) is 5.61. The minimum atomic E-state index is -0.729. The lowest BCUT2D eigenvalue weighted by atomic mass is 9.83. The van der Waals surface area contributed by atoms with Crippen LogP contribution in [-0.4, -0.2) is 35.6 Å². The fourth-order valence-corrected chi connectivity index (χ4v) is 5.09. The van der Waals surface area contributed by atoms with E-state index < -0.39 is 12.0 Å². The number of halogens is 1. The molecule has 4 rings (SSSR count). The summed E-state index contributed by atoms with van der Waals surface area (Å²) in [5, 5.41) is 13.6. The highest BCUT2D eigenvalue weighted by Gasteiger charge is 2.33. The predicted octanol–water partition coefficient (Wildman–Crippen LogP) is 4.98. The monoisotopic (exact) mass is 483 g/mol. The number of H-pyrrole nitrogens is 1. The van der Waals surface area contributed by atoms with Gasteiger partial charge in [-0.1, -0.05) is 30.9 Å². The molecule has 0 spiro atoms. The second-order valence-electron chi connectivity index (χ2n) is 9.56. The molecule has 1 aromatic carbocycles. The van der Waals surface area contributed by atoms with Gasteiger partial charge in [-0.15, -0.1) is 0 Å². The van der Waals surface area contributed by atoms with Crippen molar-refractivity contribution in [1.29, 1.82) is 5.26 Å². The number of carbonyl (C=O) groups excluding carboxylic acids is 3. The predicted molar refractivity (Wildman–Crippen MR) is 129 cm³/mol. The van der Waals surface area contributed by atoms with Crippen LogP contribution in [0.1, 0.15) is 68.3 Å². The molecule has 3 atom stereocenters. The Kier molecular flexibility index (Phi) is 7.57. The summed E-state index contributed by atoms with van der Waals surface area (Å²) in [5.41, 5.74) is 0.994. The molecule has 1 heterocycles. The lowest BCUT2D eigenvalue weighted by molar-refractivity contribution is -0.127. The summed E-state index contributed by atoms with van der Waals surface area (Å²) in [6.07, 6.45) is 6.28. The van der Waals surface area contributed by atoms with Gasteiger partial charge in [0.2, 0.25) is 5.91 Å². The number of aromatic nitrogens is 1. The molecule has 2 aliphatic rings. The van der Waals surface area contributed by atoms with Crippen LogP contribution in [0, 0.1) is 29.1 Å². The first-order valence-electron chi connectivity index (χ1n) is 12.0. The number of aromatic amines is 1. The second kappa shape index (κ2) is 10.6. The number of methoxy groups -OCH3 is 1. The van der Waals surface area contributed by atoms with Crippen molar-refractivity contribution in [2.75, 3.05) is 7.11 Å². The van der Waals surface area contributed by atoms with E-state index in [1.807, 2.05) is 0 Å². The van der Waals surface area contributed by atoms with Crippen LogP contribution in [-0.2, 0) is 9.59 Å². The van der Waals surface area contributed by atoms with Crippen LogP contribution < -0.4 is 10.1 Å². The van der Waals surface area contributed by atoms with Crippen molar-refractivity contribution in [2.45, 2.75) is 63.8 Å². The Hall–Kier alpha value is -2.85. The average Bonchev–Trinajstić information content (AvgIpc) is 3.53. The molecule has 2 aliphatic carbocycles. The van der Waals surface area contributed by atoms with Crippen LogP contribution in [0.25, 0.3) is 10.9 Å². The number of hydrogen-bond donors (Lipinski definition) is 2. The van der Waals surface area contributed by atoms with E-state index in [0.717, 1.165) is 32.1 Å². The van der Waals surface area contributed by atoms with Gasteiger partial charge >= 0.3 is 0 Å². The standard InChI is InChI=1S/C26H30ClN3O4/c1-34-24-9-8-20(27)25-19(24)13-21(30-25)23(32)12-17(10-15-6-7-15)26(33)29-18(14-28)11-16-4-2-3-5-22(16)31/h8-9,13,15-18,30H,2-7,10-12H2,1H3,(H,29,33)/t16-,17+,18-/m0/s1. The Morgan fingerprint density at radius 2 is 2.06 bits per heavy atom. The fraction of sp³-hybridized carbons (Fsp3) is 0.538. The first-order chi connectivity index (χ1) is 16.4. The van der Waals surface area contributed by atoms with Gasteiger partial charge in [0.25, 0.3) is 0 Å². The van der Waals surface area contributed by atoms with Crippen LogP contribution in [0.4, 0.5) is 0 Å². The van der Waals surface area contributed by atoms with Crippen molar-refractivity contribution in [2.24, 2.45) is 17.8 Å². The molecule has 0 radical (unpaired) electrons. The highest BCUT2D eigenvalue weighted by molar-refractivity contribution is 6.35. The van der Waals surface area contributed by atoms with E-state index in [4.69, 9.17) is 16.3 Å². The molecular formula is C26H30ClN3O4. The van der Waals surface area contributed by atoms with Crippen LogP contribution in [0.2, 0.25) is 5.02 Å². The summed E-state index contributed by atoms with van der Waals surface area (Å²) in [5.74, 6) is 0.0403. The maximum Gasteiger partial charge on any atom is 0.224 e. The molecule has 2 N–H and O–H groups in total. The summed E-state index contributed by atoms with van der Waals surface area (Å²) in [4.78, 5) is 41.6. The second-order valence-corrected chi connectivity index (χ2v) is 9.97. The van der Waals surface area contributed by atoms with E-state index in [0.29, 0.717) is 52.5 Å². The zero-order valence-electron chi connectivity index (χ0n) is 19.4. The zero-order chi connectivity index (χ0) is 24.2. The smallest absolute Gasteiger partial charge is 0.224 e. The van der Waals surface area contributed by atoms with Gasteiger partial charge in [-0.2, -0.15) is 5.26 Å². The van der Waals surface area contributed by atoms with Gasteiger partial charge in [0, 0.05) is 30.1 Å². The first kappa shape index (κ1) is 24.3. The van der Waals surface area contributed by atoms with Gasteiger partial charge in [0.05, 0.1) is 29.4 Å². The highest BCUT2D eigenvalue weighted by atomic mass is 35.5. The number of amides is 1. The molecule has 1 aromatic heterocycles. The van der Waals surface area contributed by atoms with Crippen molar-refractivity contribution in [3.8, 4) is 11.8 Å². The Bertz CT molecular complexity index is 1130. The molecule has 0 unspecified atom stereocenters. The summed E-state index contributed by atoms with van der Waals surface area (Å²) >= 11 is 6.28. The molecular weight excluding hydrogens is 454 g/mol. The van der Waals surface area contributed by atoms with E-state index >= 15 is 0 Å². The SMILES string of the molecule is COc1ccc(Cl)c2[nH]c(C(=O)C[C@@H](CC3CC3)C(=O)N[C@H](C#N)C[C@@H]3CCCCC3=O)cc12. The number of ketones is 2. The number of benzene rings is 1. The van der Waals surface area contributed by atoms with E-state index in [2.05, 4.69) is 16.4 Å². The van der Waals surface area contributed by atoms with E-state index in [9.17, 15) is 19.6 Å². The molecule has 0 aliphatic heterocycles. The third-order valence-corrected chi connectivity index (χ3v) is 7.33. The van der Waals surface area contributed by atoms with Gasteiger partial charge < -0.3 is 15.0 Å². The number of fused-ring (bicyclic) bond motifs is 1. The van der Waals surface area contributed by atoms with Crippen molar-refractivity contribution >= 4 is 40.0 Å². The minimum Gasteiger partial charge on any atom is -0.496 e. The van der Waals surface area contributed by atoms with Crippen LogP contribution in [0.5, 0.6) is 5.75 Å². The Labute approximate surface area is 204 Å². The summed E-state index contributed by atoms with van der Waals surface area (Å²) in [6, 6.07) is 6.57. The lowest BCUT2D eigenvalue weighted by Gasteiger charge is -2.24. The van der Waals surface area contributed by atoms with Crippen molar-refractivity contribution in [3.05, 3.63) is 28.9 Å². The molecule has 2 fully saturated rings. The maximum atomic E-state index is 13.2. The van der Waals surface area contributed by atoms with Crippen molar-refractivity contribution < 1.29 is 19.1 Å². The zero-order valence-corrected chi connectivity index (χ0v) is 20.1. The fourth-order valence-electron chi connectivity index (χ4n) is 4.88. The van der Waals surface area contributed by atoms with Crippen molar-refractivity contribution in [1.82, 2.24) is 10.3 Å². The topological polar surface area (TPSA) is 112 Å². The van der Waals surface area contributed by atoms with E-state index in [-0.39, 0.29) is 29.8 Å². The molecule has 7 nitrogen and oxygen atoms in total. The van der Waals surface area contributed by atoms with Crippen LogP contribution >= 0.6 is 11.6 Å². The number of rotatable bonds is 10. The van der Waals surface area contributed by atoms with Gasteiger partial charge in [0.1, 0.15) is 17.6 Å². The van der Waals surface area contributed by atoms with E-state index in [1.165, 1.54) is 0 Å². The lowest BCUT2D eigenvalue weighted by Crippen LogP contribution is -2.41. The molecule has 34 heavy (non-hydrogen) atoms. The number of hydrogen-bond acceptors (Lipinski definition) is 5. The highest BCUT2D eigenvalue weighted by Crippen LogP contribution is 2.37. The number of Topliss-reactive ketones (excluding diaryl/α,β-unsaturated/α-hetero) is 2. The number of nitrogens with one attached hydrogen (secondary N) is 2. The first-order valence-corrected chi connectivity index (χ1v) is 12.4. The molecule has 0 bridgehead atoms. The van der Waals surface area contributed by atoms with Gasteiger partial charge in [-0.25, -0.2) is 0 Å². The minimum absolute atomic E-state index is 0.0373. The molecule has 2 aromatic rings. The largest absolute Gasteiger partial charge is 0.496 e. The van der Waals surface area contributed by atoms with E-state index in [1.54, 1.807) is 25.3 Å². The molecule has 180 valence electrons. The number of nitriles is 1. The van der Waals surface area contributed by atoms with Crippen LogP contribution in [0.3, 0.4) is 0 Å². The number of carbonyl (C=O) groups is 3. The Morgan fingerprint density at radius 1 is 1.26 bits per heavy atom. The molecule has 0 saturated heterocycles. The van der Waals surface area contributed by atoms with Gasteiger partial charge in [-0.3, -0.25) is 14.4 Å². The van der Waals surface area contributed by atoms with Crippen LogP contribution in [0.15, 0.2) is 18.2 Å². The van der Waals surface area contributed by atoms with Gasteiger partial charge in [-0.05, 0) is 49.8 Å². The summed E-state index contributed by atoms with van der Waals surface area (Å²) < 4.78 is 5.37. The van der Waals surface area contributed by atoms with Gasteiger partial charge in [0.15, 0.2) is 5.78 Å².